The molecule has 0 unspecified atom stereocenters. The van der Waals surface area contributed by atoms with Crippen molar-refractivity contribution in [3.8, 4) is 11.5 Å². The molecule has 0 saturated carbocycles. The third kappa shape index (κ3) is 6.21. The highest BCUT2D eigenvalue weighted by molar-refractivity contribution is 7.92. The van der Waals surface area contributed by atoms with E-state index in [1.54, 1.807) is 41.3 Å². The van der Waals surface area contributed by atoms with Crippen LogP contribution in [0.25, 0.3) is 0 Å². The topological polar surface area (TPSA) is 87.7 Å². The molecule has 1 aliphatic heterocycles. The minimum Gasteiger partial charge on any atom is -0.455 e. The number of urea groups is 1. The van der Waals surface area contributed by atoms with E-state index in [9.17, 15) is 13.2 Å². The minimum absolute atomic E-state index is 0.0471. The monoisotopic (exact) mass is 499 g/mol. The van der Waals surface area contributed by atoms with E-state index >= 15 is 0 Å². The van der Waals surface area contributed by atoms with Gasteiger partial charge >= 0.3 is 6.03 Å². The third-order valence-electron chi connectivity index (χ3n) is 5.47. The lowest BCUT2D eigenvalue weighted by Crippen LogP contribution is -2.35. The fraction of sp³-hybridized carbons (Fsp3) is 0.240. The van der Waals surface area contributed by atoms with Crippen LogP contribution in [0.2, 0.25) is 5.02 Å². The minimum atomic E-state index is -3.93. The Morgan fingerprint density at radius 2 is 1.56 bits per heavy atom. The lowest BCUT2D eigenvalue weighted by Gasteiger charge is -2.20. The number of carbonyl (C=O) groups is 1. The normalized spacial score (nSPS) is 14.2. The maximum atomic E-state index is 13.0. The van der Waals surface area contributed by atoms with Crippen LogP contribution in [-0.2, 0) is 10.0 Å². The van der Waals surface area contributed by atoms with Crippen molar-refractivity contribution in [2.24, 2.45) is 0 Å². The van der Waals surface area contributed by atoms with E-state index < -0.39 is 10.0 Å². The van der Waals surface area contributed by atoms with Crippen molar-refractivity contribution < 1.29 is 17.9 Å². The number of nitrogens with zero attached hydrogens (tertiary/aromatic N) is 1. The van der Waals surface area contributed by atoms with Gasteiger partial charge in [0.15, 0.2) is 5.75 Å². The molecule has 1 saturated heterocycles. The molecule has 4 rings (SSSR count). The number of hydrogen-bond donors (Lipinski definition) is 2. The number of nitrogens with one attached hydrogen (secondary N) is 2. The third-order valence-corrected chi connectivity index (χ3v) is 7.08. The summed E-state index contributed by atoms with van der Waals surface area (Å²) in [5.41, 5.74) is 0.749. The molecule has 0 spiro atoms. The Hall–Kier alpha value is -3.23. The summed E-state index contributed by atoms with van der Waals surface area (Å²) in [6.07, 6.45) is 4.26. The molecular formula is C25H26ClN3O4S. The number of ether oxygens (including phenoxy) is 1. The Morgan fingerprint density at radius 1 is 0.882 bits per heavy atom. The predicted octanol–water partition coefficient (Wildman–Crippen LogP) is 6.34. The number of hydrogen-bond acceptors (Lipinski definition) is 4. The van der Waals surface area contributed by atoms with Gasteiger partial charge in [-0.25, -0.2) is 13.2 Å². The largest absolute Gasteiger partial charge is 0.455 e. The summed E-state index contributed by atoms with van der Waals surface area (Å²) < 4.78 is 34.5. The van der Waals surface area contributed by atoms with Gasteiger partial charge < -0.3 is 15.0 Å². The molecule has 178 valence electrons. The Morgan fingerprint density at radius 3 is 2.24 bits per heavy atom. The highest BCUT2D eigenvalue weighted by Crippen LogP contribution is 2.33. The van der Waals surface area contributed by atoms with Crippen molar-refractivity contribution >= 4 is 39.0 Å². The first-order valence-electron chi connectivity index (χ1n) is 11.1. The molecule has 0 aromatic heterocycles. The van der Waals surface area contributed by atoms with Gasteiger partial charge in [-0.2, -0.15) is 0 Å². The van der Waals surface area contributed by atoms with Gasteiger partial charge in [0.25, 0.3) is 10.0 Å². The molecular weight excluding hydrogens is 474 g/mol. The van der Waals surface area contributed by atoms with Crippen molar-refractivity contribution in [2.75, 3.05) is 23.1 Å². The molecule has 0 radical (unpaired) electrons. The molecule has 1 fully saturated rings. The second kappa shape index (κ2) is 10.8. The van der Waals surface area contributed by atoms with Gasteiger partial charge in [-0.3, -0.25) is 4.72 Å². The lowest BCUT2D eigenvalue weighted by molar-refractivity contribution is 0.214. The molecule has 7 nitrogen and oxygen atoms in total. The number of amides is 2. The van der Waals surface area contributed by atoms with Crippen LogP contribution in [0.1, 0.15) is 25.7 Å². The van der Waals surface area contributed by atoms with Crippen LogP contribution in [0, 0.1) is 0 Å². The summed E-state index contributed by atoms with van der Waals surface area (Å²) in [7, 11) is -3.93. The zero-order valence-electron chi connectivity index (χ0n) is 18.5. The highest BCUT2D eigenvalue weighted by Gasteiger charge is 2.19. The van der Waals surface area contributed by atoms with Gasteiger partial charge in [0.1, 0.15) is 5.75 Å². The van der Waals surface area contributed by atoms with Crippen molar-refractivity contribution in [1.82, 2.24) is 4.90 Å². The van der Waals surface area contributed by atoms with Gasteiger partial charge in [0.2, 0.25) is 0 Å². The molecule has 34 heavy (non-hydrogen) atoms. The average molecular weight is 500 g/mol. The van der Waals surface area contributed by atoms with Crippen LogP contribution in [0.3, 0.4) is 0 Å². The predicted molar refractivity (Wildman–Crippen MR) is 134 cm³/mol. The number of carbonyl (C=O) groups excluding carboxylic acids is 1. The van der Waals surface area contributed by atoms with Gasteiger partial charge in [-0.1, -0.05) is 42.6 Å². The van der Waals surface area contributed by atoms with E-state index in [0.717, 1.165) is 38.8 Å². The number of rotatable bonds is 6. The van der Waals surface area contributed by atoms with Crippen LogP contribution in [0.5, 0.6) is 11.5 Å². The van der Waals surface area contributed by atoms with Crippen LogP contribution >= 0.6 is 11.6 Å². The summed E-state index contributed by atoms with van der Waals surface area (Å²) in [6, 6.07) is 19.6. The number of anilines is 2. The molecule has 3 aromatic carbocycles. The second-order valence-corrected chi connectivity index (χ2v) is 10.1. The first-order chi connectivity index (χ1) is 16.4. The highest BCUT2D eigenvalue weighted by atomic mass is 35.5. The molecule has 0 bridgehead atoms. The first-order valence-corrected chi connectivity index (χ1v) is 13.0. The van der Waals surface area contributed by atoms with E-state index in [-0.39, 0.29) is 16.6 Å². The van der Waals surface area contributed by atoms with Crippen LogP contribution < -0.4 is 14.8 Å². The molecule has 1 aliphatic rings. The smallest absolute Gasteiger partial charge is 0.321 e. The molecule has 3 aromatic rings. The van der Waals surface area contributed by atoms with Gasteiger partial charge in [0.05, 0.1) is 10.6 Å². The number of benzene rings is 3. The Bertz CT molecular complexity index is 1230. The molecule has 2 N–H and O–H groups in total. The van der Waals surface area contributed by atoms with Crippen molar-refractivity contribution in [3.05, 3.63) is 77.8 Å². The quantitative estimate of drug-likeness (QED) is 0.414. The van der Waals surface area contributed by atoms with Crippen LogP contribution in [0.15, 0.2) is 77.7 Å². The van der Waals surface area contributed by atoms with Gasteiger partial charge in [0, 0.05) is 23.8 Å². The maximum absolute atomic E-state index is 13.0. The Balaban J connectivity index is 1.47. The fourth-order valence-corrected chi connectivity index (χ4v) is 4.92. The molecule has 2 amide bonds. The molecule has 9 heteroatoms. The standard InChI is InChI=1S/C25H26ClN3O4S/c26-19-10-15-24(33-21-8-4-3-5-9-21)23(18-19)28-34(31,32)22-13-11-20(12-14-22)27-25(30)29-16-6-1-2-7-17-29/h3-5,8-15,18,28H,1-2,6-7,16-17H2,(H,27,30). The van der Waals surface area contributed by atoms with E-state index in [1.165, 1.54) is 18.2 Å². The molecule has 0 aliphatic carbocycles. The summed E-state index contributed by atoms with van der Waals surface area (Å²) in [6.45, 7) is 1.46. The van der Waals surface area contributed by atoms with Gasteiger partial charge in [-0.15, -0.1) is 0 Å². The second-order valence-electron chi connectivity index (χ2n) is 8.02. The number of likely N-dealkylation sites (tertiary alicyclic amines) is 1. The van der Waals surface area contributed by atoms with Gasteiger partial charge in [-0.05, 0) is 67.4 Å². The first kappa shape index (κ1) is 23.9. The fourth-order valence-electron chi connectivity index (χ4n) is 3.68. The average Bonchev–Trinajstić information content (AvgIpc) is 3.12. The summed E-state index contributed by atoms with van der Waals surface area (Å²) in [5, 5.41) is 3.21. The zero-order valence-corrected chi connectivity index (χ0v) is 20.1. The van der Waals surface area contributed by atoms with Crippen molar-refractivity contribution in [3.63, 3.8) is 0 Å². The summed E-state index contributed by atoms with van der Waals surface area (Å²) in [5.74, 6) is 0.885. The van der Waals surface area contributed by atoms with Crippen LogP contribution in [-0.4, -0.2) is 32.4 Å². The summed E-state index contributed by atoms with van der Waals surface area (Å²) in [4.78, 5) is 14.4. The van der Waals surface area contributed by atoms with Crippen LogP contribution in [0.4, 0.5) is 16.2 Å². The number of para-hydroxylation sites is 1. The SMILES string of the molecule is O=C(Nc1ccc(S(=O)(=O)Nc2cc(Cl)ccc2Oc2ccccc2)cc1)N1CCCCCC1. The number of halogens is 1. The molecule has 0 atom stereocenters. The maximum Gasteiger partial charge on any atom is 0.321 e. The van der Waals surface area contributed by atoms with E-state index in [1.807, 2.05) is 18.2 Å². The van der Waals surface area contributed by atoms with E-state index in [0.29, 0.717) is 22.2 Å². The summed E-state index contributed by atoms with van der Waals surface area (Å²) >= 11 is 6.10. The number of sulfonamides is 1. The van der Waals surface area contributed by atoms with Crippen molar-refractivity contribution in [2.45, 2.75) is 30.6 Å². The lowest BCUT2D eigenvalue weighted by atomic mass is 10.2. The van der Waals surface area contributed by atoms with E-state index in [4.69, 9.17) is 16.3 Å². The van der Waals surface area contributed by atoms with E-state index in [2.05, 4.69) is 10.0 Å². The van der Waals surface area contributed by atoms with Crippen molar-refractivity contribution in [1.29, 1.82) is 0 Å². The molecule has 1 heterocycles. The zero-order chi connectivity index (χ0) is 24.0. The Kier molecular flexibility index (Phi) is 7.59. The Labute approximate surface area is 204 Å².